The van der Waals surface area contributed by atoms with E-state index < -0.39 is 17.5 Å². The number of halogens is 1. The Morgan fingerprint density at radius 2 is 2.04 bits per heavy atom. The van der Waals surface area contributed by atoms with Crippen LogP contribution in [0.4, 0.5) is 4.39 Å². The van der Waals surface area contributed by atoms with Gasteiger partial charge in [-0.15, -0.1) is 0 Å². The zero-order valence-corrected chi connectivity index (χ0v) is 13.9. The van der Waals surface area contributed by atoms with Crippen molar-refractivity contribution >= 4 is 5.97 Å². The molecule has 6 heteroatoms. The first-order valence-corrected chi connectivity index (χ1v) is 7.69. The lowest BCUT2D eigenvalue weighted by molar-refractivity contribution is 0.0596. The second kappa shape index (κ2) is 6.76. The Hall–Kier alpha value is -3.15. The molecule has 1 aromatic heterocycles. The number of carbonyl (C=O) groups is 1. The number of aromatic nitrogens is 2. The largest absolute Gasteiger partial charge is 0.504 e. The van der Waals surface area contributed by atoms with Gasteiger partial charge in [0.15, 0.2) is 11.6 Å². The quantitative estimate of drug-likeness (QED) is 0.739. The Morgan fingerprint density at radius 1 is 1.32 bits per heavy atom. The molecule has 0 saturated heterocycles. The Bertz CT molecular complexity index is 903. The zero-order chi connectivity index (χ0) is 18.0. The normalized spacial score (nSPS) is 10.7. The maximum absolute atomic E-state index is 14.2. The van der Waals surface area contributed by atoms with Crippen LogP contribution in [-0.4, -0.2) is 28.0 Å². The number of phenolic OH excluding ortho intramolecular Hbond substituents is 1. The molecule has 5 nitrogen and oxygen atoms in total. The number of nitrogens with zero attached hydrogens (tertiary/aromatic N) is 2. The van der Waals surface area contributed by atoms with Gasteiger partial charge in [-0.05, 0) is 54.3 Å². The van der Waals surface area contributed by atoms with E-state index in [0.717, 1.165) is 11.3 Å². The third kappa shape index (κ3) is 3.24. The highest BCUT2D eigenvalue weighted by atomic mass is 19.1. The number of aromatic hydroxyl groups is 1. The summed E-state index contributed by atoms with van der Waals surface area (Å²) in [6.07, 6.45) is 3.97. The first-order valence-electron chi connectivity index (χ1n) is 7.69. The molecular formula is C19H17FN2O3. The number of hydrogen-bond acceptors (Lipinski definition) is 4. The van der Waals surface area contributed by atoms with Gasteiger partial charge in [0.1, 0.15) is 5.56 Å². The summed E-state index contributed by atoms with van der Waals surface area (Å²) in [5, 5.41) is 14.0. The average molecular weight is 340 g/mol. The van der Waals surface area contributed by atoms with Crippen LogP contribution in [0.3, 0.4) is 0 Å². The number of ether oxygens (including phenoxy) is 1. The number of esters is 1. The molecule has 0 aliphatic carbocycles. The van der Waals surface area contributed by atoms with Gasteiger partial charge in [0, 0.05) is 12.4 Å². The molecule has 128 valence electrons. The van der Waals surface area contributed by atoms with Gasteiger partial charge < -0.3 is 9.84 Å². The molecular weight excluding hydrogens is 323 g/mol. The van der Waals surface area contributed by atoms with Crippen LogP contribution in [0.1, 0.15) is 27.0 Å². The van der Waals surface area contributed by atoms with Gasteiger partial charge >= 0.3 is 5.97 Å². The molecule has 0 aliphatic rings. The van der Waals surface area contributed by atoms with Crippen molar-refractivity contribution in [1.82, 2.24) is 9.78 Å². The molecule has 2 aromatic carbocycles. The lowest BCUT2D eigenvalue weighted by Crippen LogP contribution is -2.06. The van der Waals surface area contributed by atoms with Gasteiger partial charge in [0.2, 0.25) is 0 Å². The number of hydrogen-bond donors (Lipinski definition) is 1. The summed E-state index contributed by atoms with van der Waals surface area (Å²) < 4.78 is 20.6. The van der Waals surface area contributed by atoms with E-state index in [2.05, 4.69) is 9.84 Å². The van der Waals surface area contributed by atoms with Crippen molar-refractivity contribution in [3.05, 3.63) is 76.9 Å². The predicted octanol–water partition coefficient (Wildman–Crippen LogP) is 3.40. The summed E-state index contributed by atoms with van der Waals surface area (Å²) in [6.45, 7) is 1.57. The summed E-state index contributed by atoms with van der Waals surface area (Å²) >= 11 is 0. The van der Waals surface area contributed by atoms with E-state index >= 15 is 0 Å². The number of benzene rings is 2. The Labute approximate surface area is 144 Å². The van der Waals surface area contributed by atoms with Gasteiger partial charge in [0.05, 0.1) is 12.8 Å². The van der Waals surface area contributed by atoms with E-state index in [1.165, 1.54) is 13.2 Å². The van der Waals surface area contributed by atoms with Gasteiger partial charge in [-0.1, -0.05) is 12.1 Å². The highest BCUT2D eigenvalue weighted by Crippen LogP contribution is 2.29. The maximum atomic E-state index is 14.2. The number of phenols is 1. The van der Waals surface area contributed by atoms with E-state index in [4.69, 9.17) is 0 Å². The smallest absolute Gasteiger partial charge is 0.341 e. The number of carbonyl (C=O) groups excluding carboxylic acids is 1. The van der Waals surface area contributed by atoms with Gasteiger partial charge in [-0.3, -0.25) is 0 Å². The van der Waals surface area contributed by atoms with Crippen LogP contribution in [0.25, 0.3) is 5.69 Å². The van der Waals surface area contributed by atoms with Crippen molar-refractivity contribution in [3.63, 3.8) is 0 Å². The van der Waals surface area contributed by atoms with Crippen LogP contribution in [0.2, 0.25) is 0 Å². The SMILES string of the molecule is COC(=O)c1cc(Cc2ccc(-n3cccn3)cc2)c(C)c(F)c1O. The molecule has 0 unspecified atom stereocenters. The molecule has 0 saturated carbocycles. The maximum Gasteiger partial charge on any atom is 0.341 e. The van der Waals surface area contributed by atoms with Crippen molar-refractivity contribution in [2.45, 2.75) is 13.3 Å². The van der Waals surface area contributed by atoms with Crippen molar-refractivity contribution in [2.75, 3.05) is 7.11 Å². The third-order valence-corrected chi connectivity index (χ3v) is 4.10. The second-order valence-corrected chi connectivity index (χ2v) is 5.66. The van der Waals surface area contributed by atoms with Gasteiger partial charge in [-0.2, -0.15) is 5.10 Å². The van der Waals surface area contributed by atoms with E-state index in [0.29, 0.717) is 17.5 Å². The highest BCUT2D eigenvalue weighted by molar-refractivity contribution is 5.92. The van der Waals surface area contributed by atoms with E-state index in [1.54, 1.807) is 17.8 Å². The lowest BCUT2D eigenvalue weighted by atomic mass is 9.97. The predicted molar refractivity (Wildman–Crippen MR) is 90.5 cm³/mol. The average Bonchev–Trinajstić information content (AvgIpc) is 3.17. The summed E-state index contributed by atoms with van der Waals surface area (Å²) in [5.41, 5.74) is 2.61. The summed E-state index contributed by atoms with van der Waals surface area (Å²) in [6, 6.07) is 11.0. The number of rotatable bonds is 4. The fraction of sp³-hybridized carbons (Fsp3) is 0.158. The molecule has 0 aliphatic heterocycles. The van der Waals surface area contributed by atoms with Crippen LogP contribution >= 0.6 is 0 Å². The first kappa shape index (κ1) is 16.7. The van der Waals surface area contributed by atoms with Crippen LogP contribution in [-0.2, 0) is 11.2 Å². The molecule has 0 bridgehead atoms. The molecule has 0 spiro atoms. The Morgan fingerprint density at radius 3 is 2.64 bits per heavy atom. The van der Waals surface area contributed by atoms with Crippen molar-refractivity contribution < 1.29 is 19.0 Å². The molecule has 3 rings (SSSR count). The molecule has 0 atom stereocenters. The van der Waals surface area contributed by atoms with Gasteiger partial charge in [0.25, 0.3) is 0 Å². The van der Waals surface area contributed by atoms with Crippen LogP contribution in [0.15, 0.2) is 48.8 Å². The minimum absolute atomic E-state index is 0.172. The molecule has 3 aromatic rings. The first-order chi connectivity index (χ1) is 12.0. The highest BCUT2D eigenvalue weighted by Gasteiger charge is 2.20. The lowest BCUT2D eigenvalue weighted by Gasteiger charge is -2.12. The number of methoxy groups -OCH3 is 1. The summed E-state index contributed by atoms with van der Waals surface area (Å²) in [7, 11) is 1.19. The van der Waals surface area contributed by atoms with E-state index in [1.807, 2.05) is 36.5 Å². The topological polar surface area (TPSA) is 64.4 Å². The molecule has 25 heavy (non-hydrogen) atoms. The Balaban J connectivity index is 1.92. The van der Waals surface area contributed by atoms with Crippen LogP contribution < -0.4 is 0 Å². The van der Waals surface area contributed by atoms with Crippen LogP contribution in [0.5, 0.6) is 5.75 Å². The monoisotopic (exact) mass is 340 g/mol. The minimum Gasteiger partial charge on any atom is -0.504 e. The fourth-order valence-electron chi connectivity index (χ4n) is 2.64. The van der Waals surface area contributed by atoms with Crippen molar-refractivity contribution in [3.8, 4) is 11.4 Å². The molecule has 1 heterocycles. The second-order valence-electron chi connectivity index (χ2n) is 5.66. The molecule has 0 fully saturated rings. The summed E-state index contributed by atoms with van der Waals surface area (Å²) in [5.74, 6) is -2.25. The molecule has 1 N–H and O–H groups in total. The van der Waals surface area contributed by atoms with E-state index in [9.17, 15) is 14.3 Å². The zero-order valence-electron chi connectivity index (χ0n) is 13.9. The minimum atomic E-state index is -0.800. The molecule has 0 radical (unpaired) electrons. The third-order valence-electron chi connectivity index (χ3n) is 4.10. The van der Waals surface area contributed by atoms with Crippen molar-refractivity contribution in [2.24, 2.45) is 0 Å². The van der Waals surface area contributed by atoms with Gasteiger partial charge in [-0.25, -0.2) is 13.9 Å². The summed E-state index contributed by atoms with van der Waals surface area (Å²) in [4.78, 5) is 11.7. The van der Waals surface area contributed by atoms with Crippen molar-refractivity contribution in [1.29, 1.82) is 0 Å². The Kier molecular flexibility index (Phi) is 4.52. The van der Waals surface area contributed by atoms with Crippen LogP contribution in [0, 0.1) is 12.7 Å². The van der Waals surface area contributed by atoms with E-state index in [-0.39, 0.29) is 5.56 Å². The fourth-order valence-corrected chi connectivity index (χ4v) is 2.64. The molecule has 0 amide bonds. The standard InChI is InChI=1S/C19H17FN2O3/c1-12-14(11-16(19(24)25-2)18(23)17(12)20)10-13-4-6-15(7-5-13)22-9-3-8-21-22/h3-9,11,23H,10H2,1-2H3.